The Morgan fingerprint density at radius 1 is 1.62 bits per heavy atom. The summed E-state index contributed by atoms with van der Waals surface area (Å²) in [6.07, 6.45) is 3.34. The molecule has 2 rings (SSSR count). The van der Waals surface area contributed by atoms with Crippen molar-refractivity contribution in [2.45, 2.75) is 25.8 Å². The minimum atomic E-state index is -0.254. The first-order valence-corrected chi connectivity index (χ1v) is 5.14. The third-order valence-electron chi connectivity index (χ3n) is 2.41. The SMILES string of the molecule is CC(=O)N(CC(=O)Nc1ccon1)C1CC1. The zero-order chi connectivity index (χ0) is 11.5. The van der Waals surface area contributed by atoms with Crippen LogP contribution < -0.4 is 5.32 Å². The fourth-order valence-corrected chi connectivity index (χ4v) is 1.50. The molecule has 0 spiro atoms. The molecule has 6 nitrogen and oxygen atoms in total. The summed E-state index contributed by atoms with van der Waals surface area (Å²) in [6, 6.07) is 1.79. The van der Waals surface area contributed by atoms with E-state index in [1.54, 1.807) is 11.0 Å². The highest BCUT2D eigenvalue weighted by atomic mass is 16.5. The number of nitrogens with zero attached hydrogens (tertiary/aromatic N) is 2. The highest BCUT2D eigenvalue weighted by Crippen LogP contribution is 2.26. The van der Waals surface area contributed by atoms with Crippen molar-refractivity contribution < 1.29 is 14.1 Å². The van der Waals surface area contributed by atoms with Gasteiger partial charge in [-0.2, -0.15) is 0 Å². The van der Waals surface area contributed by atoms with Crippen molar-refractivity contribution in [1.29, 1.82) is 0 Å². The van der Waals surface area contributed by atoms with Crippen LogP contribution in [0.1, 0.15) is 19.8 Å². The van der Waals surface area contributed by atoms with Gasteiger partial charge in [0.1, 0.15) is 12.8 Å². The van der Waals surface area contributed by atoms with Crippen LogP contribution in [0.3, 0.4) is 0 Å². The van der Waals surface area contributed by atoms with Crippen LogP contribution in [0.25, 0.3) is 0 Å². The van der Waals surface area contributed by atoms with Crippen LogP contribution in [0.5, 0.6) is 0 Å². The summed E-state index contributed by atoms with van der Waals surface area (Å²) in [5, 5.41) is 6.11. The average Bonchev–Trinajstić information content (AvgIpc) is 2.94. The van der Waals surface area contributed by atoms with Gasteiger partial charge in [-0.05, 0) is 12.8 Å². The zero-order valence-corrected chi connectivity index (χ0v) is 8.97. The van der Waals surface area contributed by atoms with Crippen molar-refractivity contribution >= 4 is 17.6 Å². The van der Waals surface area contributed by atoms with Gasteiger partial charge in [0, 0.05) is 19.0 Å². The molecule has 1 heterocycles. The Labute approximate surface area is 92.6 Å². The predicted molar refractivity (Wildman–Crippen MR) is 55.5 cm³/mol. The lowest BCUT2D eigenvalue weighted by molar-refractivity contribution is -0.133. The van der Waals surface area contributed by atoms with Crippen molar-refractivity contribution in [1.82, 2.24) is 10.1 Å². The molecule has 0 aliphatic heterocycles. The van der Waals surface area contributed by atoms with Gasteiger partial charge in [0.05, 0.1) is 0 Å². The second kappa shape index (κ2) is 4.34. The fourth-order valence-electron chi connectivity index (χ4n) is 1.50. The smallest absolute Gasteiger partial charge is 0.245 e. The van der Waals surface area contributed by atoms with Crippen molar-refractivity contribution in [3.8, 4) is 0 Å². The second-order valence-corrected chi connectivity index (χ2v) is 3.81. The lowest BCUT2D eigenvalue weighted by atomic mass is 10.4. The molecule has 1 aliphatic carbocycles. The third kappa shape index (κ3) is 2.59. The summed E-state index contributed by atoms with van der Waals surface area (Å²) < 4.78 is 4.58. The second-order valence-electron chi connectivity index (χ2n) is 3.81. The number of carbonyl (C=O) groups is 2. The van der Waals surface area contributed by atoms with Gasteiger partial charge in [-0.15, -0.1) is 0 Å². The summed E-state index contributed by atoms with van der Waals surface area (Å²) in [4.78, 5) is 24.4. The van der Waals surface area contributed by atoms with E-state index in [1.165, 1.54) is 13.2 Å². The van der Waals surface area contributed by atoms with E-state index in [1.807, 2.05) is 0 Å². The van der Waals surface area contributed by atoms with Gasteiger partial charge in [0.25, 0.3) is 0 Å². The van der Waals surface area contributed by atoms with E-state index in [9.17, 15) is 9.59 Å². The molecule has 16 heavy (non-hydrogen) atoms. The van der Waals surface area contributed by atoms with E-state index in [0.29, 0.717) is 5.82 Å². The number of amides is 2. The van der Waals surface area contributed by atoms with Crippen LogP contribution in [0, 0.1) is 0 Å². The molecule has 0 bridgehead atoms. The van der Waals surface area contributed by atoms with Crippen molar-refractivity contribution in [2.24, 2.45) is 0 Å². The summed E-state index contributed by atoms with van der Waals surface area (Å²) in [7, 11) is 0. The van der Waals surface area contributed by atoms with E-state index in [4.69, 9.17) is 0 Å². The molecular formula is C10H13N3O3. The van der Waals surface area contributed by atoms with Gasteiger partial charge in [0.15, 0.2) is 5.82 Å². The third-order valence-corrected chi connectivity index (χ3v) is 2.41. The lowest BCUT2D eigenvalue weighted by Gasteiger charge is -2.19. The molecule has 1 aliphatic rings. The molecule has 0 unspecified atom stereocenters. The Bertz CT molecular complexity index is 384. The molecule has 0 radical (unpaired) electrons. The Morgan fingerprint density at radius 3 is 2.88 bits per heavy atom. The molecule has 6 heteroatoms. The van der Waals surface area contributed by atoms with Gasteiger partial charge < -0.3 is 14.7 Å². The van der Waals surface area contributed by atoms with Gasteiger partial charge in [-0.25, -0.2) is 0 Å². The molecule has 0 aromatic carbocycles. The molecular weight excluding hydrogens is 210 g/mol. The van der Waals surface area contributed by atoms with Crippen molar-refractivity contribution in [2.75, 3.05) is 11.9 Å². The first-order chi connectivity index (χ1) is 7.66. The maximum Gasteiger partial charge on any atom is 0.245 e. The Morgan fingerprint density at radius 2 is 2.38 bits per heavy atom. The molecule has 0 atom stereocenters. The minimum absolute atomic E-state index is 0.0715. The topological polar surface area (TPSA) is 75.4 Å². The van der Waals surface area contributed by atoms with Crippen molar-refractivity contribution in [3.05, 3.63) is 12.3 Å². The predicted octanol–water partition coefficient (Wildman–Crippen LogP) is 0.624. The van der Waals surface area contributed by atoms with Crippen LogP contribution in [-0.4, -0.2) is 34.5 Å². The van der Waals surface area contributed by atoms with E-state index < -0.39 is 0 Å². The molecule has 86 valence electrons. The Balaban J connectivity index is 1.88. The van der Waals surface area contributed by atoms with Crippen LogP contribution in [0.2, 0.25) is 0 Å². The maximum atomic E-state index is 11.6. The van der Waals surface area contributed by atoms with E-state index in [2.05, 4.69) is 15.0 Å². The molecule has 2 amide bonds. The first-order valence-electron chi connectivity index (χ1n) is 5.14. The first kappa shape index (κ1) is 10.7. The normalized spacial score (nSPS) is 14.6. The molecule has 0 saturated heterocycles. The number of aromatic nitrogens is 1. The summed E-state index contributed by atoms with van der Waals surface area (Å²) in [5.74, 6) is 0.0399. The quantitative estimate of drug-likeness (QED) is 0.812. The minimum Gasteiger partial charge on any atom is -0.363 e. The largest absolute Gasteiger partial charge is 0.363 e. The summed E-state index contributed by atoms with van der Waals surface area (Å²) in [5.41, 5.74) is 0. The fraction of sp³-hybridized carbons (Fsp3) is 0.500. The van der Waals surface area contributed by atoms with E-state index >= 15 is 0 Å². The number of anilines is 1. The Hall–Kier alpha value is -1.85. The maximum absolute atomic E-state index is 11.6. The van der Waals surface area contributed by atoms with Crippen LogP contribution in [0.15, 0.2) is 16.9 Å². The molecule has 1 aromatic rings. The molecule has 1 aromatic heterocycles. The lowest BCUT2D eigenvalue weighted by Crippen LogP contribution is -2.38. The van der Waals surface area contributed by atoms with Gasteiger partial charge >= 0.3 is 0 Å². The number of rotatable bonds is 4. The summed E-state index contributed by atoms with van der Waals surface area (Å²) >= 11 is 0. The van der Waals surface area contributed by atoms with E-state index in [0.717, 1.165) is 12.8 Å². The molecule has 1 fully saturated rings. The van der Waals surface area contributed by atoms with Gasteiger partial charge in [-0.3, -0.25) is 9.59 Å². The molecule has 1 N–H and O–H groups in total. The van der Waals surface area contributed by atoms with Crippen LogP contribution in [0.4, 0.5) is 5.82 Å². The summed E-state index contributed by atoms with van der Waals surface area (Å²) in [6.45, 7) is 1.55. The van der Waals surface area contributed by atoms with Crippen LogP contribution >= 0.6 is 0 Å². The van der Waals surface area contributed by atoms with E-state index in [-0.39, 0.29) is 24.4 Å². The standard InChI is InChI=1S/C10H13N3O3/c1-7(14)13(8-2-3-8)6-10(15)11-9-4-5-16-12-9/h4-5,8H,2-3,6H2,1H3,(H,11,12,15). The van der Waals surface area contributed by atoms with Gasteiger partial charge in [-0.1, -0.05) is 5.16 Å². The highest BCUT2D eigenvalue weighted by Gasteiger charge is 2.32. The van der Waals surface area contributed by atoms with Crippen molar-refractivity contribution in [3.63, 3.8) is 0 Å². The average molecular weight is 223 g/mol. The molecule has 1 saturated carbocycles. The van der Waals surface area contributed by atoms with Crippen LogP contribution in [-0.2, 0) is 9.59 Å². The van der Waals surface area contributed by atoms with Gasteiger partial charge in [0.2, 0.25) is 11.8 Å². The number of hydrogen-bond acceptors (Lipinski definition) is 4. The number of hydrogen-bond donors (Lipinski definition) is 1. The number of carbonyl (C=O) groups excluding carboxylic acids is 2. The number of nitrogens with one attached hydrogen (secondary N) is 1. The zero-order valence-electron chi connectivity index (χ0n) is 8.97. The highest BCUT2D eigenvalue weighted by molar-refractivity contribution is 5.93. The Kier molecular flexibility index (Phi) is 2.89. The monoisotopic (exact) mass is 223 g/mol.